The molecule has 1 aromatic heterocycles. The van der Waals surface area contributed by atoms with E-state index in [1.165, 1.54) is 12.1 Å². The summed E-state index contributed by atoms with van der Waals surface area (Å²) >= 11 is 0. The molecule has 1 unspecified atom stereocenters. The summed E-state index contributed by atoms with van der Waals surface area (Å²) in [5, 5.41) is 0.129. The van der Waals surface area contributed by atoms with E-state index in [1.807, 2.05) is 50.2 Å². The van der Waals surface area contributed by atoms with E-state index in [0.717, 1.165) is 18.1 Å². The minimum absolute atomic E-state index is 0.0211. The van der Waals surface area contributed by atoms with Gasteiger partial charge in [0, 0.05) is 13.1 Å². The molecule has 0 aliphatic carbocycles. The fourth-order valence-corrected chi connectivity index (χ4v) is 3.87. The van der Waals surface area contributed by atoms with Crippen LogP contribution in [0.25, 0.3) is 11.0 Å². The Kier molecular flexibility index (Phi) is 5.78. The van der Waals surface area contributed by atoms with Crippen LogP contribution in [-0.2, 0) is 0 Å². The number of nitrogens with zero attached hydrogens (tertiary/aromatic N) is 2. The average Bonchev–Trinajstić information content (AvgIpc) is 3.03. The Labute approximate surface area is 179 Å². The first-order chi connectivity index (χ1) is 14.9. The number of halogens is 1. The van der Waals surface area contributed by atoms with Crippen molar-refractivity contribution in [2.45, 2.75) is 19.4 Å². The van der Waals surface area contributed by atoms with Gasteiger partial charge in [0.2, 0.25) is 5.76 Å². The van der Waals surface area contributed by atoms with Crippen LogP contribution >= 0.6 is 0 Å². The number of amides is 1. The van der Waals surface area contributed by atoms with Crippen LogP contribution in [0.4, 0.5) is 4.39 Å². The molecular formula is C24H25FN2O4. The number of hydrogen-bond acceptors (Lipinski definition) is 5. The van der Waals surface area contributed by atoms with Gasteiger partial charge in [0.15, 0.2) is 5.43 Å². The van der Waals surface area contributed by atoms with Crippen molar-refractivity contribution in [1.29, 1.82) is 0 Å². The van der Waals surface area contributed by atoms with Crippen LogP contribution in [0.2, 0.25) is 0 Å². The van der Waals surface area contributed by atoms with Crippen molar-refractivity contribution in [3.63, 3.8) is 0 Å². The largest absolute Gasteiger partial charge is 0.494 e. The van der Waals surface area contributed by atoms with Crippen LogP contribution in [0, 0.1) is 5.82 Å². The first-order valence-corrected chi connectivity index (χ1v) is 10.4. The first-order valence-electron chi connectivity index (χ1n) is 10.4. The van der Waals surface area contributed by atoms with Gasteiger partial charge in [0.25, 0.3) is 5.91 Å². The van der Waals surface area contributed by atoms with Crippen LogP contribution in [-0.4, -0.2) is 49.5 Å². The monoisotopic (exact) mass is 424 g/mol. The Bertz CT molecular complexity index is 1190. The van der Waals surface area contributed by atoms with E-state index < -0.39 is 11.9 Å². The van der Waals surface area contributed by atoms with Crippen LogP contribution in [0.5, 0.6) is 5.75 Å². The summed E-state index contributed by atoms with van der Waals surface area (Å²) in [4.78, 5) is 30.3. The maximum absolute atomic E-state index is 13.8. The Balaban J connectivity index is 1.89. The number of rotatable bonds is 7. The van der Waals surface area contributed by atoms with E-state index in [4.69, 9.17) is 9.15 Å². The third-order valence-electron chi connectivity index (χ3n) is 5.36. The lowest BCUT2D eigenvalue weighted by Crippen LogP contribution is -2.35. The lowest BCUT2D eigenvalue weighted by molar-refractivity contribution is 0.0716. The first kappa shape index (κ1) is 21.1. The Morgan fingerprint density at radius 1 is 1.16 bits per heavy atom. The zero-order valence-corrected chi connectivity index (χ0v) is 17.9. The molecule has 0 fully saturated rings. The second-order valence-electron chi connectivity index (χ2n) is 7.94. The van der Waals surface area contributed by atoms with E-state index in [1.54, 1.807) is 4.90 Å². The Hall–Kier alpha value is -3.19. The van der Waals surface area contributed by atoms with Gasteiger partial charge < -0.3 is 19.0 Å². The lowest BCUT2D eigenvalue weighted by Gasteiger charge is -2.26. The van der Waals surface area contributed by atoms with Gasteiger partial charge in [-0.1, -0.05) is 19.1 Å². The van der Waals surface area contributed by atoms with E-state index in [-0.39, 0.29) is 33.6 Å². The molecule has 1 atom stereocenters. The third-order valence-corrected chi connectivity index (χ3v) is 5.36. The molecule has 1 amide bonds. The quantitative estimate of drug-likeness (QED) is 0.577. The van der Waals surface area contributed by atoms with Gasteiger partial charge in [0.05, 0.1) is 23.6 Å². The van der Waals surface area contributed by atoms with Crippen molar-refractivity contribution in [3.05, 3.63) is 75.4 Å². The summed E-state index contributed by atoms with van der Waals surface area (Å²) in [7, 11) is 3.84. The molecule has 0 radical (unpaired) electrons. The summed E-state index contributed by atoms with van der Waals surface area (Å²) in [6.07, 6.45) is 0.866. The molecule has 162 valence electrons. The summed E-state index contributed by atoms with van der Waals surface area (Å²) in [5.74, 6) is -0.179. The standard InChI is InChI=1S/C24H25FN2O4/c1-4-12-30-17-7-5-6-15(13-17)21-20-22(28)18-14-16(25)8-9-19(18)31-23(20)24(29)27(21)11-10-26(2)3/h5-9,13-14,21H,4,10-12H2,1-3H3. The fourth-order valence-electron chi connectivity index (χ4n) is 3.87. The van der Waals surface area contributed by atoms with Crippen molar-refractivity contribution in [2.75, 3.05) is 33.8 Å². The zero-order chi connectivity index (χ0) is 22.1. The molecule has 0 saturated heterocycles. The predicted molar refractivity (Wildman–Crippen MR) is 116 cm³/mol. The van der Waals surface area contributed by atoms with Gasteiger partial charge >= 0.3 is 0 Å². The van der Waals surface area contributed by atoms with E-state index in [0.29, 0.717) is 25.4 Å². The molecule has 0 saturated carbocycles. The highest BCUT2D eigenvalue weighted by Gasteiger charge is 2.42. The number of carbonyl (C=O) groups is 1. The van der Waals surface area contributed by atoms with Gasteiger partial charge in [-0.15, -0.1) is 0 Å². The van der Waals surface area contributed by atoms with Crippen molar-refractivity contribution in [1.82, 2.24) is 9.80 Å². The van der Waals surface area contributed by atoms with Gasteiger partial charge in [0.1, 0.15) is 17.1 Å². The molecule has 2 heterocycles. The summed E-state index contributed by atoms with van der Waals surface area (Å²) in [5.41, 5.74) is 0.810. The molecule has 31 heavy (non-hydrogen) atoms. The van der Waals surface area contributed by atoms with Crippen LogP contribution in [0.1, 0.15) is 41.1 Å². The summed E-state index contributed by atoms with van der Waals surface area (Å²) < 4.78 is 25.4. The Morgan fingerprint density at radius 3 is 2.71 bits per heavy atom. The number of fused-ring (bicyclic) bond motifs is 2. The summed E-state index contributed by atoms with van der Waals surface area (Å²) in [6, 6.07) is 10.5. The maximum atomic E-state index is 13.8. The maximum Gasteiger partial charge on any atom is 0.290 e. The van der Waals surface area contributed by atoms with Crippen LogP contribution < -0.4 is 10.2 Å². The highest BCUT2D eigenvalue weighted by atomic mass is 19.1. The predicted octanol–water partition coefficient (Wildman–Crippen LogP) is 3.83. The van der Waals surface area contributed by atoms with Crippen LogP contribution in [0.3, 0.4) is 0 Å². The zero-order valence-electron chi connectivity index (χ0n) is 17.9. The smallest absolute Gasteiger partial charge is 0.290 e. The second-order valence-corrected chi connectivity index (χ2v) is 7.94. The number of likely N-dealkylation sites (N-methyl/N-ethyl adjacent to an activating group) is 1. The molecule has 3 aromatic rings. The molecule has 0 bridgehead atoms. The van der Waals surface area contributed by atoms with Gasteiger partial charge in [-0.25, -0.2) is 4.39 Å². The lowest BCUT2D eigenvalue weighted by atomic mass is 9.98. The Morgan fingerprint density at radius 2 is 1.97 bits per heavy atom. The van der Waals surface area contributed by atoms with E-state index in [2.05, 4.69) is 0 Å². The number of carbonyl (C=O) groups excluding carboxylic acids is 1. The van der Waals surface area contributed by atoms with Crippen molar-refractivity contribution in [3.8, 4) is 5.75 Å². The van der Waals surface area contributed by atoms with Crippen molar-refractivity contribution < 1.29 is 18.3 Å². The molecule has 4 rings (SSSR count). The van der Waals surface area contributed by atoms with Crippen molar-refractivity contribution in [2.24, 2.45) is 0 Å². The molecule has 7 heteroatoms. The van der Waals surface area contributed by atoms with Crippen molar-refractivity contribution >= 4 is 16.9 Å². The molecule has 0 spiro atoms. The molecular weight excluding hydrogens is 399 g/mol. The van der Waals surface area contributed by atoms with Gasteiger partial charge in [-0.2, -0.15) is 0 Å². The minimum atomic E-state index is -0.628. The highest BCUT2D eigenvalue weighted by molar-refractivity contribution is 5.99. The molecule has 1 aliphatic rings. The fraction of sp³-hybridized carbons (Fsp3) is 0.333. The molecule has 0 N–H and O–H groups in total. The van der Waals surface area contributed by atoms with Gasteiger partial charge in [-0.3, -0.25) is 9.59 Å². The topological polar surface area (TPSA) is 63.0 Å². The molecule has 6 nitrogen and oxygen atoms in total. The third kappa shape index (κ3) is 3.93. The van der Waals surface area contributed by atoms with E-state index in [9.17, 15) is 14.0 Å². The molecule has 1 aliphatic heterocycles. The number of hydrogen-bond donors (Lipinski definition) is 0. The normalized spacial score (nSPS) is 15.7. The summed E-state index contributed by atoms with van der Waals surface area (Å²) in [6.45, 7) is 3.61. The van der Waals surface area contributed by atoms with Gasteiger partial charge in [-0.05, 0) is 56.4 Å². The number of benzene rings is 2. The highest BCUT2D eigenvalue weighted by Crippen LogP contribution is 2.38. The molecule has 2 aromatic carbocycles. The average molecular weight is 424 g/mol. The second kappa shape index (κ2) is 8.51. The SMILES string of the molecule is CCCOc1cccc(C2c3c(oc4ccc(F)cc4c3=O)C(=O)N2CCN(C)C)c1. The number of ether oxygens (including phenoxy) is 1. The van der Waals surface area contributed by atoms with E-state index >= 15 is 0 Å². The van der Waals surface area contributed by atoms with Crippen LogP contribution in [0.15, 0.2) is 51.7 Å². The minimum Gasteiger partial charge on any atom is -0.494 e.